The average Bonchev–Trinajstić information content (AvgIpc) is 3.07. The first-order valence-corrected chi connectivity index (χ1v) is 14.6. The van der Waals surface area contributed by atoms with Crippen LogP contribution in [-0.4, -0.2) is 67.8 Å². The lowest BCUT2D eigenvalue weighted by Crippen LogP contribution is -2.44. The SMILES string of the molecule is CN1CCN(c2ccc(Nc3ncc4c(=O)n(-c5ccccc5Cl)nc(-c5ccc(-c6ncccn6)cc5)c4n3)cc2)CC1. The van der Waals surface area contributed by atoms with Crippen molar-refractivity contribution in [2.75, 3.05) is 43.4 Å². The molecule has 0 aliphatic carbocycles. The Hall–Kier alpha value is -5.19. The van der Waals surface area contributed by atoms with Crippen LogP contribution in [0.15, 0.2) is 102 Å². The highest BCUT2D eigenvalue weighted by atomic mass is 35.5. The van der Waals surface area contributed by atoms with Gasteiger partial charge in [-0.1, -0.05) is 48.0 Å². The van der Waals surface area contributed by atoms with E-state index in [0.29, 0.717) is 39.1 Å². The molecule has 44 heavy (non-hydrogen) atoms. The van der Waals surface area contributed by atoms with Crippen molar-refractivity contribution in [3.05, 3.63) is 113 Å². The summed E-state index contributed by atoms with van der Waals surface area (Å²) in [5.74, 6) is 0.974. The molecule has 1 N–H and O–H groups in total. The molecule has 6 aromatic rings. The van der Waals surface area contributed by atoms with Crippen LogP contribution in [0.5, 0.6) is 0 Å². The van der Waals surface area contributed by atoms with Crippen LogP contribution in [0.3, 0.4) is 0 Å². The predicted octanol–water partition coefficient (Wildman–Crippen LogP) is 5.45. The van der Waals surface area contributed by atoms with Crippen molar-refractivity contribution < 1.29 is 0 Å². The monoisotopic (exact) mass is 601 g/mol. The highest BCUT2D eigenvalue weighted by molar-refractivity contribution is 6.32. The smallest absolute Gasteiger partial charge is 0.282 e. The molecule has 3 aromatic heterocycles. The van der Waals surface area contributed by atoms with Gasteiger partial charge in [0.05, 0.1) is 16.1 Å². The lowest BCUT2D eigenvalue weighted by atomic mass is 10.1. The second kappa shape index (κ2) is 11.8. The van der Waals surface area contributed by atoms with Gasteiger partial charge in [-0.3, -0.25) is 4.79 Å². The minimum atomic E-state index is -0.366. The summed E-state index contributed by atoms with van der Waals surface area (Å²) in [4.78, 5) is 36.4. The van der Waals surface area contributed by atoms with E-state index >= 15 is 0 Å². The maximum Gasteiger partial charge on any atom is 0.282 e. The topological polar surface area (TPSA) is 105 Å². The van der Waals surface area contributed by atoms with Gasteiger partial charge in [0.1, 0.15) is 11.2 Å². The number of fused-ring (bicyclic) bond motifs is 1. The van der Waals surface area contributed by atoms with Gasteiger partial charge in [-0.25, -0.2) is 19.9 Å². The van der Waals surface area contributed by atoms with Crippen LogP contribution in [-0.2, 0) is 0 Å². The molecule has 7 rings (SSSR count). The molecule has 0 radical (unpaired) electrons. The third-order valence-corrected chi connectivity index (χ3v) is 8.01. The summed E-state index contributed by atoms with van der Waals surface area (Å²) in [6, 6.07) is 24.8. The number of halogens is 1. The Labute approximate surface area is 258 Å². The summed E-state index contributed by atoms with van der Waals surface area (Å²) in [5.41, 5.74) is 4.68. The van der Waals surface area contributed by atoms with Crippen molar-refractivity contribution in [2.45, 2.75) is 0 Å². The molecule has 1 fully saturated rings. The van der Waals surface area contributed by atoms with Crippen LogP contribution < -0.4 is 15.8 Å². The Balaban J connectivity index is 1.28. The second-order valence-electron chi connectivity index (χ2n) is 10.6. The number of nitrogens with zero attached hydrogens (tertiary/aromatic N) is 8. The number of piperazine rings is 1. The fourth-order valence-corrected chi connectivity index (χ4v) is 5.46. The first-order valence-electron chi connectivity index (χ1n) is 14.3. The first-order chi connectivity index (χ1) is 21.5. The van der Waals surface area contributed by atoms with Crippen molar-refractivity contribution in [1.82, 2.24) is 34.6 Å². The fraction of sp³-hybridized carbons (Fsp3) is 0.152. The molecule has 1 saturated heterocycles. The molecular weight excluding hydrogens is 574 g/mol. The van der Waals surface area contributed by atoms with Gasteiger partial charge in [0.25, 0.3) is 5.56 Å². The van der Waals surface area contributed by atoms with E-state index in [1.165, 1.54) is 16.6 Å². The normalized spacial score (nSPS) is 13.7. The minimum absolute atomic E-state index is 0.321. The number of hydrogen-bond donors (Lipinski definition) is 1. The highest BCUT2D eigenvalue weighted by Crippen LogP contribution is 2.29. The van der Waals surface area contributed by atoms with E-state index in [1.807, 2.05) is 48.5 Å². The zero-order valence-corrected chi connectivity index (χ0v) is 24.7. The number of para-hydroxylation sites is 1. The van der Waals surface area contributed by atoms with E-state index in [2.05, 4.69) is 49.2 Å². The molecule has 10 nitrogen and oxygen atoms in total. The van der Waals surface area contributed by atoms with E-state index in [1.54, 1.807) is 30.6 Å². The van der Waals surface area contributed by atoms with Gasteiger partial charge in [-0.05, 0) is 49.5 Å². The number of nitrogens with one attached hydrogen (secondary N) is 1. The molecule has 218 valence electrons. The molecule has 0 unspecified atom stereocenters. The number of anilines is 3. The van der Waals surface area contributed by atoms with Crippen LogP contribution in [0.2, 0.25) is 5.02 Å². The van der Waals surface area contributed by atoms with Crippen LogP contribution in [0.4, 0.5) is 17.3 Å². The number of hydrogen-bond acceptors (Lipinski definition) is 9. The third-order valence-electron chi connectivity index (χ3n) is 7.69. The van der Waals surface area contributed by atoms with Crippen molar-refractivity contribution in [2.24, 2.45) is 0 Å². The molecule has 3 aromatic carbocycles. The largest absolute Gasteiger partial charge is 0.369 e. The number of aromatic nitrogens is 6. The summed E-state index contributed by atoms with van der Waals surface area (Å²) in [6.07, 6.45) is 4.95. The standard InChI is InChI=1S/C33H28ClN9O/c1-41-17-19-42(20-18-41)25-13-11-24(12-14-25)38-33-37-21-26-30(39-33)29(40-43(32(26)44)28-6-3-2-5-27(28)34)22-7-9-23(10-8-22)31-35-15-4-16-36-31/h2-16,21H,17-20H2,1H3,(H,37,38,39). The Morgan fingerprint density at radius 2 is 1.50 bits per heavy atom. The maximum atomic E-state index is 13.7. The predicted molar refractivity (Wildman–Crippen MR) is 174 cm³/mol. The van der Waals surface area contributed by atoms with E-state index in [-0.39, 0.29) is 5.56 Å². The number of benzene rings is 3. The van der Waals surface area contributed by atoms with E-state index in [0.717, 1.165) is 43.0 Å². The molecule has 1 aliphatic heterocycles. The van der Waals surface area contributed by atoms with Crippen LogP contribution in [0.1, 0.15) is 0 Å². The summed E-state index contributed by atoms with van der Waals surface area (Å²) < 4.78 is 1.31. The minimum Gasteiger partial charge on any atom is -0.369 e. The van der Waals surface area contributed by atoms with Crippen LogP contribution in [0.25, 0.3) is 39.2 Å². The van der Waals surface area contributed by atoms with Crippen molar-refractivity contribution in [1.29, 1.82) is 0 Å². The molecule has 0 atom stereocenters. The second-order valence-corrected chi connectivity index (χ2v) is 11.0. The van der Waals surface area contributed by atoms with E-state index in [9.17, 15) is 4.79 Å². The quantitative estimate of drug-likeness (QED) is 0.267. The number of rotatable bonds is 6. The van der Waals surface area contributed by atoms with Crippen LogP contribution in [0, 0.1) is 0 Å². The Morgan fingerprint density at radius 1 is 0.795 bits per heavy atom. The molecule has 0 saturated carbocycles. The zero-order chi connectivity index (χ0) is 30.0. The molecule has 0 bridgehead atoms. The van der Waals surface area contributed by atoms with Crippen LogP contribution >= 0.6 is 11.6 Å². The Morgan fingerprint density at radius 3 is 2.23 bits per heavy atom. The molecule has 1 aliphatic rings. The first kappa shape index (κ1) is 27.6. The summed E-state index contributed by atoms with van der Waals surface area (Å²) >= 11 is 6.49. The zero-order valence-electron chi connectivity index (χ0n) is 23.9. The molecule has 4 heterocycles. The average molecular weight is 602 g/mol. The Bertz CT molecular complexity index is 1990. The molecule has 11 heteroatoms. The summed E-state index contributed by atoms with van der Waals surface area (Å²) in [5, 5.41) is 8.80. The van der Waals surface area contributed by atoms with Gasteiger partial charge in [0, 0.05) is 67.3 Å². The molecule has 0 amide bonds. The van der Waals surface area contributed by atoms with Gasteiger partial charge in [-0.15, -0.1) is 0 Å². The fourth-order valence-electron chi connectivity index (χ4n) is 5.24. The lowest BCUT2D eigenvalue weighted by Gasteiger charge is -2.34. The van der Waals surface area contributed by atoms with Crippen molar-refractivity contribution in [3.8, 4) is 28.3 Å². The van der Waals surface area contributed by atoms with Crippen molar-refractivity contribution in [3.63, 3.8) is 0 Å². The van der Waals surface area contributed by atoms with Gasteiger partial charge >= 0.3 is 0 Å². The van der Waals surface area contributed by atoms with Gasteiger partial charge in [0.2, 0.25) is 5.95 Å². The highest BCUT2D eigenvalue weighted by Gasteiger charge is 2.19. The molecule has 0 spiro atoms. The molecular formula is C33H28ClN9O. The van der Waals surface area contributed by atoms with Gasteiger partial charge in [-0.2, -0.15) is 9.78 Å². The van der Waals surface area contributed by atoms with Crippen molar-refractivity contribution >= 4 is 39.8 Å². The Kier molecular flexibility index (Phi) is 7.43. The van der Waals surface area contributed by atoms with E-state index in [4.69, 9.17) is 21.7 Å². The maximum absolute atomic E-state index is 13.7. The number of likely N-dealkylation sites (N-methyl/N-ethyl adjacent to an activating group) is 1. The summed E-state index contributed by atoms with van der Waals surface area (Å²) in [7, 11) is 2.15. The summed E-state index contributed by atoms with van der Waals surface area (Å²) in [6.45, 7) is 4.08. The van der Waals surface area contributed by atoms with Gasteiger partial charge in [0.15, 0.2) is 5.82 Å². The van der Waals surface area contributed by atoms with E-state index < -0.39 is 0 Å². The third kappa shape index (κ3) is 5.48. The lowest BCUT2D eigenvalue weighted by molar-refractivity contribution is 0.313. The van der Waals surface area contributed by atoms with Gasteiger partial charge < -0.3 is 15.1 Å².